The average Bonchev–Trinajstić information content (AvgIpc) is 2.56. The third-order valence-corrected chi connectivity index (χ3v) is 7.79. The van der Waals surface area contributed by atoms with Crippen molar-refractivity contribution in [1.29, 1.82) is 0 Å². The molecule has 2 bridgehead atoms. The van der Waals surface area contributed by atoms with E-state index >= 15 is 0 Å². The summed E-state index contributed by atoms with van der Waals surface area (Å²) in [5.41, 5.74) is 2.62. The fourth-order valence-electron chi connectivity index (χ4n) is 6.58. The smallest absolute Gasteiger partial charge is 0.303 e. The molecular formula is C24H36O5. The standard InChI is InChI=1S/C24H36O5/c1-13-8-9-17-22(29-16(4)26)21-14(2)18(27)10-11-24(21,7)12-19(28-15(3)25)20(13)23(17,5)6/h17-19,21-22,27H,2,8-12H2,1,3-7H3. The first-order valence-corrected chi connectivity index (χ1v) is 10.8. The van der Waals surface area contributed by atoms with Crippen molar-refractivity contribution >= 4 is 11.9 Å². The van der Waals surface area contributed by atoms with Crippen LogP contribution in [0.2, 0.25) is 0 Å². The first kappa shape index (κ1) is 22.1. The molecule has 0 radical (unpaired) electrons. The van der Waals surface area contributed by atoms with E-state index in [0.29, 0.717) is 12.8 Å². The van der Waals surface area contributed by atoms with Crippen molar-refractivity contribution in [1.82, 2.24) is 0 Å². The maximum absolute atomic E-state index is 12.1. The van der Waals surface area contributed by atoms with Crippen LogP contribution < -0.4 is 0 Å². The van der Waals surface area contributed by atoms with E-state index in [9.17, 15) is 14.7 Å². The predicted molar refractivity (Wildman–Crippen MR) is 111 cm³/mol. The highest BCUT2D eigenvalue weighted by Gasteiger charge is 2.57. The Morgan fingerprint density at radius 2 is 1.72 bits per heavy atom. The van der Waals surface area contributed by atoms with Crippen LogP contribution in [0.25, 0.3) is 0 Å². The Balaban J connectivity index is 2.21. The van der Waals surface area contributed by atoms with Gasteiger partial charge >= 0.3 is 11.9 Å². The molecule has 0 aromatic carbocycles. The zero-order valence-electron chi connectivity index (χ0n) is 18.7. The van der Waals surface area contributed by atoms with Gasteiger partial charge in [-0.2, -0.15) is 0 Å². The van der Waals surface area contributed by atoms with Gasteiger partial charge in [-0.1, -0.05) is 32.9 Å². The minimum Gasteiger partial charge on any atom is -0.462 e. The number of aliphatic hydroxyl groups excluding tert-OH is 1. The average molecular weight is 405 g/mol. The molecule has 0 aromatic rings. The molecule has 2 fully saturated rings. The maximum Gasteiger partial charge on any atom is 0.303 e. The number of aliphatic hydroxyl groups is 1. The number of allylic oxidation sites excluding steroid dienone is 1. The molecule has 3 aliphatic rings. The number of ether oxygens (including phenoxy) is 2. The number of carbonyl (C=O) groups is 2. The molecule has 162 valence electrons. The summed E-state index contributed by atoms with van der Waals surface area (Å²) >= 11 is 0. The lowest BCUT2D eigenvalue weighted by Gasteiger charge is -2.57. The van der Waals surface area contributed by atoms with E-state index in [1.165, 1.54) is 25.0 Å². The minimum absolute atomic E-state index is 0.0647. The Labute approximate surface area is 174 Å². The van der Waals surface area contributed by atoms with Gasteiger partial charge in [0, 0.05) is 25.7 Å². The molecule has 0 aromatic heterocycles. The summed E-state index contributed by atoms with van der Waals surface area (Å²) in [5.74, 6) is -0.682. The molecule has 1 N–H and O–H groups in total. The van der Waals surface area contributed by atoms with Crippen molar-refractivity contribution in [3.8, 4) is 0 Å². The van der Waals surface area contributed by atoms with Gasteiger partial charge < -0.3 is 14.6 Å². The maximum atomic E-state index is 12.1. The lowest BCUT2D eigenvalue weighted by molar-refractivity contribution is -0.168. The molecule has 0 heterocycles. The largest absolute Gasteiger partial charge is 0.462 e. The number of esters is 2. The zero-order valence-corrected chi connectivity index (χ0v) is 18.7. The number of hydrogen-bond donors (Lipinski definition) is 1. The van der Waals surface area contributed by atoms with Crippen LogP contribution in [-0.4, -0.2) is 35.4 Å². The Bertz CT molecular complexity index is 748. The summed E-state index contributed by atoms with van der Waals surface area (Å²) in [7, 11) is 0. The molecule has 0 saturated heterocycles. The Morgan fingerprint density at radius 1 is 1.10 bits per heavy atom. The molecule has 3 aliphatic carbocycles. The monoisotopic (exact) mass is 404 g/mol. The number of hydrogen-bond acceptors (Lipinski definition) is 5. The molecule has 0 amide bonds. The third-order valence-electron chi connectivity index (χ3n) is 7.79. The van der Waals surface area contributed by atoms with Crippen molar-refractivity contribution in [2.45, 2.75) is 92.0 Å². The molecule has 6 atom stereocenters. The quantitative estimate of drug-likeness (QED) is 0.547. The molecule has 3 rings (SSSR count). The normalized spacial score (nSPS) is 39.1. The molecule has 5 nitrogen and oxygen atoms in total. The summed E-state index contributed by atoms with van der Waals surface area (Å²) in [5, 5.41) is 10.6. The van der Waals surface area contributed by atoms with E-state index in [4.69, 9.17) is 9.47 Å². The molecule has 0 spiro atoms. The lowest BCUT2D eigenvalue weighted by Crippen LogP contribution is -2.56. The number of carbonyl (C=O) groups excluding carboxylic acids is 2. The Kier molecular flexibility index (Phi) is 5.76. The minimum atomic E-state index is -0.596. The summed E-state index contributed by atoms with van der Waals surface area (Å²) in [4.78, 5) is 24.1. The highest BCUT2D eigenvalue weighted by molar-refractivity contribution is 5.67. The van der Waals surface area contributed by atoms with E-state index in [1.807, 2.05) is 0 Å². The van der Waals surface area contributed by atoms with Crippen molar-refractivity contribution in [3.05, 3.63) is 23.3 Å². The molecule has 29 heavy (non-hydrogen) atoms. The van der Waals surface area contributed by atoms with Crippen molar-refractivity contribution in [2.24, 2.45) is 22.7 Å². The lowest BCUT2D eigenvalue weighted by atomic mass is 9.50. The van der Waals surface area contributed by atoms with Crippen LogP contribution in [0.15, 0.2) is 23.3 Å². The molecule has 0 aliphatic heterocycles. The van der Waals surface area contributed by atoms with Gasteiger partial charge in [-0.25, -0.2) is 0 Å². The molecular weight excluding hydrogens is 368 g/mol. The van der Waals surface area contributed by atoms with Crippen LogP contribution in [0.1, 0.15) is 73.6 Å². The van der Waals surface area contributed by atoms with E-state index in [2.05, 4.69) is 34.3 Å². The summed E-state index contributed by atoms with van der Waals surface area (Å²) in [6.07, 6.45) is 2.56. The third kappa shape index (κ3) is 3.78. The number of rotatable bonds is 2. The van der Waals surface area contributed by atoms with Crippen molar-refractivity contribution < 1.29 is 24.2 Å². The summed E-state index contributed by atoms with van der Waals surface area (Å²) in [6.45, 7) is 15.8. The fourth-order valence-corrected chi connectivity index (χ4v) is 6.58. The van der Waals surface area contributed by atoms with E-state index in [1.54, 1.807) is 0 Å². The molecule has 5 heteroatoms. The van der Waals surface area contributed by atoms with Crippen LogP contribution in [0.4, 0.5) is 0 Å². The SMILES string of the molecule is C=C1C(O)CCC2(C)CC(OC(C)=O)C3=C(C)CCC(C(OC(C)=O)C12)C3(C)C. The van der Waals surface area contributed by atoms with Crippen LogP contribution in [-0.2, 0) is 19.1 Å². The summed E-state index contributed by atoms with van der Waals surface area (Å²) in [6, 6.07) is 0. The van der Waals surface area contributed by atoms with Crippen LogP contribution >= 0.6 is 0 Å². The topological polar surface area (TPSA) is 72.8 Å². The second-order valence-electron chi connectivity index (χ2n) is 10.2. The number of fused-ring (bicyclic) bond motifs is 3. The van der Waals surface area contributed by atoms with Crippen LogP contribution in [0, 0.1) is 22.7 Å². The predicted octanol–water partition coefficient (Wildman–Crippen LogP) is 4.34. The molecule has 6 unspecified atom stereocenters. The van der Waals surface area contributed by atoms with Crippen LogP contribution in [0.5, 0.6) is 0 Å². The van der Waals surface area contributed by atoms with Gasteiger partial charge in [0.15, 0.2) is 0 Å². The second kappa shape index (κ2) is 7.57. The van der Waals surface area contributed by atoms with Gasteiger partial charge in [-0.3, -0.25) is 9.59 Å². The Hall–Kier alpha value is -1.62. The van der Waals surface area contributed by atoms with Gasteiger partial charge in [0.05, 0.1) is 6.10 Å². The van der Waals surface area contributed by atoms with Gasteiger partial charge in [0.1, 0.15) is 12.2 Å². The first-order valence-electron chi connectivity index (χ1n) is 10.8. The van der Waals surface area contributed by atoms with E-state index in [-0.39, 0.29) is 46.8 Å². The first-order chi connectivity index (χ1) is 13.4. The highest BCUT2D eigenvalue weighted by Crippen LogP contribution is 2.59. The summed E-state index contributed by atoms with van der Waals surface area (Å²) < 4.78 is 11.9. The highest BCUT2D eigenvalue weighted by atomic mass is 16.5. The second-order valence-corrected chi connectivity index (χ2v) is 10.2. The van der Waals surface area contributed by atoms with Crippen molar-refractivity contribution in [2.75, 3.05) is 0 Å². The van der Waals surface area contributed by atoms with Gasteiger partial charge in [0.2, 0.25) is 0 Å². The Morgan fingerprint density at radius 3 is 2.31 bits per heavy atom. The van der Waals surface area contributed by atoms with Crippen molar-refractivity contribution in [3.63, 3.8) is 0 Å². The zero-order chi connectivity index (χ0) is 21.7. The van der Waals surface area contributed by atoms with E-state index < -0.39 is 6.10 Å². The molecule has 2 saturated carbocycles. The van der Waals surface area contributed by atoms with Gasteiger partial charge in [-0.05, 0) is 61.0 Å². The van der Waals surface area contributed by atoms with Gasteiger partial charge in [0.25, 0.3) is 0 Å². The van der Waals surface area contributed by atoms with Gasteiger partial charge in [-0.15, -0.1) is 0 Å². The van der Waals surface area contributed by atoms with E-state index in [0.717, 1.165) is 24.8 Å². The van der Waals surface area contributed by atoms with Crippen LogP contribution in [0.3, 0.4) is 0 Å². The fraction of sp³-hybridized carbons (Fsp3) is 0.750.